The van der Waals surface area contributed by atoms with Gasteiger partial charge in [0.15, 0.2) is 0 Å². The van der Waals surface area contributed by atoms with Crippen LogP contribution in [0, 0.1) is 13.8 Å². The Morgan fingerprint density at radius 2 is 1.37 bits per heavy atom. The molecule has 3 heteroatoms. The van der Waals surface area contributed by atoms with E-state index in [9.17, 15) is 9.59 Å². The lowest BCUT2D eigenvalue weighted by molar-refractivity contribution is 0.0652. The first-order valence-electron chi connectivity index (χ1n) is 10.3. The Balaban J connectivity index is 1.38. The summed E-state index contributed by atoms with van der Waals surface area (Å²) in [6.45, 7) is 4.66. The molecule has 0 aromatic heterocycles. The van der Waals surface area contributed by atoms with E-state index >= 15 is 0 Å². The third-order valence-electron chi connectivity index (χ3n) is 5.39. The van der Waals surface area contributed by atoms with Gasteiger partial charge in [-0.3, -0.25) is 14.5 Å². The Morgan fingerprint density at radius 3 is 2.03 bits per heavy atom. The standard InChI is InChI=1S/C27H25NO2/c1-19-15-20(2)17-23(16-19)13-12-22-8-5-7-21(18-22)9-6-14-28-26(29)24-10-3-4-11-25(24)27(28)30/h3-5,7-8,10-13,15-18H,6,9,14H2,1-2H3/b13-12+. The van der Waals surface area contributed by atoms with Crippen LogP contribution in [0.2, 0.25) is 0 Å². The van der Waals surface area contributed by atoms with Gasteiger partial charge in [-0.25, -0.2) is 0 Å². The van der Waals surface area contributed by atoms with Gasteiger partial charge in [0.05, 0.1) is 11.1 Å². The van der Waals surface area contributed by atoms with Crippen LogP contribution < -0.4 is 0 Å². The summed E-state index contributed by atoms with van der Waals surface area (Å²) < 4.78 is 0. The average molecular weight is 396 g/mol. The Kier molecular flexibility index (Phi) is 5.62. The zero-order chi connectivity index (χ0) is 21.1. The van der Waals surface area contributed by atoms with Gasteiger partial charge in [-0.2, -0.15) is 0 Å². The highest BCUT2D eigenvalue weighted by Crippen LogP contribution is 2.23. The minimum Gasteiger partial charge on any atom is -0.274 e. The lowest BCUT2D eigenvalue weighted by atomic mass is 10.0. The summed E-state index contributed by atoms with van der Waals surface area (Å²) in [5.74, 6) is -0.360. The number of aryl methyl sites for hydroxylation is 3. The molecule has 0 unspecified atom stereocenters. The first-order chi connectivity index (χ1) is 14.5. The van der Waals surface area contributed by atoms with Gasteiger partial charge in [-0.1, -0.05) is 77.9 Å². The van der Waals surface area contributed by atoms with Crippen molar-refractivity contribution in [1.29, 1.82) is 0 Å². The van der Waals surface area contributed by atoms with Crippen LogP contribution in [0.25, 0.3) is 12.2 Å². The van der Waals surface area contributed by atoms with E-state index < -0.39 is 0 Å². The second kappa shape index (κ2) is 8.50. The van der Waals surface area contributed by atoms with Crippen molar-refractivity contribution in [2.24, 2.45) is 0 Å². The summed E-state index contributed by atoms with van der Waals surface area (Å²) in [6, 6.07) is 22.0. The summed E-state index contributed by atoms with van der Waals surface area (Å²) in [7, 11) is 0. The lowest BCUT2D eigenvalue weighted by Gasteiger charge is -2.13. The molecular weight excluding hydrogens is 370 g/mol. The van der Waals surface area contributed by atoms with Gasteiger partial charge in [0.2, 0.25) is 0 Å². The predicted octanol–water partition coefficient (Wildman–Crippen LogP) is 5.70. The number of amides is 2. The van der Waals surface area contributed by atoms with Crippen molar-refractivity contribution >= 4 is 24.0 Å². The SMILES string of the molecule is Cc1cc(C)cc(/C=C/c2cccc(CCCN3C(=O)c4ccccc4C3=O)c2)c1. The molecule has 1 aliphatic heterocycles. The molecule has 0 atom stereocenters. The number of carbonyl (C=O) groups excluding carboxylic acids is 2. The van der Waals surface area contributed by atoms with Crippen molar-refractivity contribution in [1.82, 2.24) is 4.90 Å². The van der Waals surface area contributed by atoms with E-state index in [2.05, 4.69) is 68.5 Å². The molecule has 0 radical (unpaired) electrons. The number of nitrogens with zero attached hydrogens (tertiary/aromatic N) is 1. The Hall–Kier alpha value is -3.46. The Bertz CT molecular complexity index is 1090. The molecule has 3 aromatic rings. The second-order valence-corrected chi connectivity index (χ2v) is 7.91. The summed E-state index contributed by atoms with van der Waals surface area (Å²) in [4.78, 5) is 26.3. The van der Waals surface area contributed by atoms with Crippen molar-refractivity contribution in [3.8, 4) is 0 Å². The fourth-order valence-corrected chi connectivity index (χ4v) is 4.03. The van der Waals surface area contributed by atoms with E-state index in [1.807, 2.05) is 0 Å². The van der Waals surface area contributed by atoms with E-state index in [4.69, 9.17) is 0 Å². The minimum absolute atomic E-state index is 0.180. The largest absolute Gasteiger partial charge is 0.274 e. The Labute approximate surface area is 177 Å². The third-order valence-corrected chi connectivity index (χ3v) is 5.39. The highest BCUT2D eigenvalue weighted by Gasteiger charge is 2.34. The first-order valence-corrected chi connectivity index (χ1v) is 10.3. The van der Waals surface area contributed by atoms with Crippen LogP contribution in [-0.2, 0) is 6.42 Å². The lowest BCUT2D eigenvalue weighted by Crippen LogP contribution is -2.30. The topological polar surface area (TPSA) is 37.4 Å². The smallest absolute Gasteiger partial charge is 0.261 e. The highest BCUT2D eigenvalue weighted by molar-refractivity contribution is 6.21. The van der Waals surface area contributed by atoms with Gasteiger partial charge >= 0.3 is 0 Å². The van der Waals surface area contributed by atoms with Gasteiger partial charge in [-0.15, -0.1) is 0 Å². The number of carbonyl (C=O) groups is 2. The van der Waals surface area contributed by atoms with Crippen LogP contribution in [-0.4, -0.2) is 23.3 Å². The summed E-state index contributed by atoms with van der Waals surface area (Å²) in [5, 5.41) is 0. The van der Waals surface area contributed by atoms with Crippen LogP contribution in [0.15, 0.2) is 66.7 Å². The van der Waals surface area contributed by atoms with Crippen LogP contribution in [0.3, 0.4) is 0 Å². The number of fused-ring (bicyclic) bond motifs is 1. The third kappa shape index (κ3) is 4.25. The molecule has 0 bridgehead atoms. The second-order valence-electron chi connectivity index (χ2n) is 7.91. The van der Waals surface area contributed by atoms with Crippen molar-refractivity contribution in [2.45, 2.75) is 26.7 Å². The molecule has 3 aromatic carbocycles. The monoisotopic (exact) mass is 395 g/mol. The van der Waals surface area contributed by atoms with Crippen LogP contribution >= 0.6 is 0 Å². The maximum atomic E-state index is 12.5. The predicted molar refractivity (Wildman–Crippen MR) is 121 cm³/mol. The molecule has 0 N–H and O–H groups in total. The molecule has 1 aliphatic rings. The van der Waals surface area contributed by atoms with E-state index in [0.717, 1.165) is 18.4 Å². The van der Waals surface area contributed by atoms with Gasteiger partial charge in [0.25, 0.3) is 11.8 Å². The molecule has 150 valence electrons. The molecule has 2 amide bonds. The number of rotatable bonds is 6. The molecule has 0 spiro atoms. The van der Waals surface area contributed by atoms with Gasteiger partial charge in [-0.05, 0) is 55.5 Å². The summed E-state index contributed by atoms with van der Waals surface area (Å²) in [6.07, 6.45) is 5.83. The fourth-order valence-electron chi connectivity index (χ4n) is 4.03. The number of hydrogen-bond acceptors (Lipinski definition) is 2. The van der Waals surface area contributed by atoms with E-state index in [1.165, 1.54) is 27.2 Å². The first kappa shape index (κ1) is 19.8. The van der Waals surface area contributed by atoms with Crippen LogP contribution in [0.5, 0.6) is 0 Å². The van der Waals surface area contributed by atoms with Crippen molar-refractivity contribution < 1.29 is 9.59 Å². The fraction of sp³-hybridized carbons (Fsp3) is 0.185. The summed E-state index contributed by atoms with van der Waals surface area (Å²) >= 11 is 0. The van der Waals surface area contributed by atoms with Crippen LogP contribution in [0.4, 0.5) is 0 Å². The van der Waals surface area contributed by atoms with Crippen molar-refractivity contribution in [2.75, 3.05) is 6.54 Å². The molecule has 0 saturated carbocycles. The Morgan fingerprint density at radius 1 is 0.733 bits per heavy atom. The number of imide groups is 1. The molecule has 30 heavy (non-hydrogen) atoms. The number of benzene rings is 3. The van der Waals surface area contributed by atoms with Gasteiger partial charge < -0.3 is 0 Å². The number of hydrogen-bond donors (Lipinski definition) is 0. The molecule has 4 rings (SSSR count). The van der Waals surface area contributed by atoms with E-state index in [1.54, 1.807) is 24.3 Å². The normalized spacial score (nSPS) is 13.3. The molecule has 0 aliphatic carbocycles. The van der Waals surface area contributed by atoms with Crippen molar-refractivity contribution in [3.05, 3.63) is 106 Å². The minimum atomic E-state index is -0.180. The quantitative estimate of drug-likeness (QED) is 0.396. The van der Waals surface area contributed by atoms with E-state index in [-0.39, 0.29) is 11.8 Å². The van der Waals surface area contributed by atoms with E-state index in [0.29, 0.717) is 17.7 Å². The maximum Gasteiger partial charge on any atom is 0.261 e. The van der Waals surface area contributed by atoms with Gasteiger partial charge in [0.1, 0.15) is 0 Å². The molecule has 3 nitrogen and oxygen atoms in total. The van der Waals surface area contributed by atoms with Gasteiger partial charge in [0, 0.05) is 6.54 Å². The highest BCUT2D eigenvalue weighted by atomic mass is 16.2. The summed E-state index contributed by atoms with van der Waals surface area (Å²) in [5.41, 5.74) is 7.10. The molecule has 1 heterocycles. The maximum absolute atomic E-state index is 12.5. The zero-order valence-electron chi connectivity index (χ0n) is 17.4. The molecule has 0 fully saturated rings. The molecule has 0 saturated heterocycles. The van der Waals surface area contributed by atoms with Crippen molar-refractivity contribution in [3.63, 3.8) is 0 Å². The molecular formula is C27H25NO2. The van der Waals surface area contributed by atoms with Crippen LogP contribution in [0.1, 0.15) is 55.0 Å². The average Bonchev–Trinajstić information content (AvgIpc) is 2.97. The zero-order valence-corrected chi connectivity index (χ0v) is 17.4.